The summed E-state index contributed by atoms with van der Waals surface area (Å²) in [6.07, 6.45) is 2.28. The summed E-state index contributed by atoms with van der Waals surface area (Å²) in [6.45, 7) is 5.47. The van der Waals surface area contributed by atoms with Crippen molar-refractivity contribution in [1.29, 1.82) is 0 Å². The van der Waals surface area contributed by atoms with Gasteiger partial charge in [0.15, 0.2) is 6.61 Å². The molecule has 1 saturated heterocycles. The highest BCUT2D eigenvalue weighted by Crippen LogP contribution is 2.19. The Morgan fingerprint density at radius 3 is 2.50 bits per heavy atom. The molecule has 1 aromatic carbocycles. The Labute approximate surface area is 152 Å². The number of esters is 1. The molecule has 7 heteroatoms. The van der Waals surface area contributed by atoms with Crippen LogP contribution in [-0.4, -0.2) is 46.5 Å². The van der Waals surface area contributed by atoms with Gasteiger partial charge in [-0.05, 0) is 37.8 Å². The number of thiocarbonyl (C=S) groups is 1. The molecule has 0 aliphatic carbocycles. The monoisotopic (exact) mass is 366 g/mol. The van der Waals surface area contributed by atoms with Crippen LogP contribution >= 0.6 is 24.0 Å². The van der Waals surface area contributed by atoms with E-state index in [1.54, 1.807) is 0 Å². The standard InChI is InChI=1S/C17H22N2O3S2/c1-12-6-5-7-13(2)16(12)18-14(20)10-22-15(21)11-24-17(23)19-8-3-4-9-19/h5-7H,3-4,8-11H2,1-2H3,(H,18,20). The molecule has 0 saturated carbocycles. The Hall–Kier alpha value is -1.60. The first-order chi connectivity index (χ1) is 11.5. The molecule has 24 heavy (non-hydrogen) atoms. The lowest BCUT2D eigenvalue weighted by atomic mass is 10.1. The number of thioether (sulfide) groups is 1. The Kier molecular flexibility index (Phi) is 7.05. The Morgan fingerprint density at radius 1 is 1.25 bits per heavy atom. The molecule has 0 atom stereocenters. The molecule has 1 fully saturated rings. The van der Waals surface area contributed by atoms with Gasteiger partial charge in [0, 0.05) is 18.8 Å². The van der Waals surface area contributed by atoms with Crippen LogP contribution in [0.5, 0.6) is 0 Å². The largest absolute Gasteiger partial charge is 0.455 e. The molecule has 1 aliphatic rings. The SMILES string of the molecule is Cc1cccc(C)c1NC(=O)COC(=O)CSC(=S)N1CCCC1. The van der Waals surface area contributed by atoms with Crippen LogP contribution in [0.15, 0.2) is 18.2 Å². The Bertz CT molecular complexity index is 608. The van der Waals surface area contributed by atoms with Gasteiger partial charge in [0.25, 0.3) is 5.91 Å². The average molecular weight is 367 g/mol. The fourth-order valence-electron chi connectivity index (χ4n) is 2.49. The number of ether oxygens (including phenoxy) is 1. The minimum atomic E-state index is -0.432. The molecule has 2 rings (SSSR count). The normalized spacial score (nSPS) is 13.7. The van der Waals surface area contributed by atoms with Crippen molar-refractivity contribution in [2.75, 3.05) is 30.8 Å². The number of aryl methyl sites for hydroxylation is 2. The molecule has 5 nitrogen and oxygen atoms in total. The average Bonchev–Trinajstić information content (AvgIpc) is 3.09. The van der Waals surface area contributed by atoms with E-state index < -0.39 is 5.97 Å². The van der Waals surface area contributed by atoms with E-state index in [0.717, 1.165) is 47.1 Å². The maximum atomic E-state index is 11.9. The van der Waals surface area contributed by atoms with Gasteiger partial charge in [-0.15, -0.1) is 0 Å². The van der Waals surface area contributed by atoms with Crippen molar-refractivity contribution in [1.82, 2.24) is 4.90 Å². The number of nitrogens with one attached hydrogen (secondary N) is 1. The summed E-state index contributed by atoms with van der Waals surface area (Å²) in [7, 11) is 0. The first kappa shape index (κ1) is 18.7. The summed E-state index contributed by atoms with van der Waals surface area (Å²) >= 11 is 6.58. The van der Waals surface area contributed by atoms with Crippen molar-refractivity contribution in [3.8, 4) is 0 Å². The van der Waals surface area contributed by atoms with Crippen molar-refractivity contribution in [3.05, 3.63) is 29.3 Å². The zero-order valence-electron chi connectivity index (χ0n) is 14.0. The molecule has 0 unspecified atom stereocenters. The zero-order valence-corrected chi connectivity index (χ0v) is 15.6. The lowest BCUT2D eigenvalue weighted by Crippen LogP contribution is -2.26. The number of hydrogen-bond donors (Lipinski definition) is 1. The lowest BCUT2D eigenvalue weighted by Gasteiger charge is -2.17. The van der Waals surface area contributed by atoms with Crippen LogP contribution in [0.2, 0.25) is 0 Å². The molecule has 130 valence electrons. The van der Waals surface area contributed by atoms with Gasteiger partial charge in [0.2, 0.25) is 0 Å². The van der Waals surface area contributed by atoms with Gasteiger partial charge < -0.3 is 15.0 Å². The number of carbonyl (C=O) groups excluding carboxylic acids is 2. The molecular formula is C17H22N2O3S2. The van der Waals surface area contributed by atoms with Crippen LogP contribution < -0.4 is 5.32 Å². The van der Waals surface area contributed by atoms with Gasteiger partial charge in [-0.2, -0.15) is 0 Å². The van der Waals surface area contributed by atoms with Crippen molar-refractivity contribution in [2.45, 2.75) is 26.7 Å². The molecule has 0 bridgehead atoms. The van der Waals surface area contributed by atoms with E-state index in [1.807, 2.05) is 32.0 Å². The number of rotatable bonds is 5. The quantitative estimate of drug-likeness (QED) is 0.639. The summed E-state index contributed by atoms with van der Waals surface area (Å²) < 4.78 is 5.75. The predicted octanol–water partition coefficient (Wildman–Crippen LogP) is 2.90. The van der Waals surface area contributed by atoms with E-state index in [1.165, 1.54) is 11.8 Å². The number of likely N-dealkylation sites (tertiary alicyclic amines) is 1. The highest BCUT2D eigenvalue weighted by Gasteiger charge is 2.17. The number of para-hydroxylation sites is 1. The topological polar surface area (TPSA) is 58.6 Å². The number of nitrogens with zero attached hydrogens (tertiary/aromatic N) is 1. The molecule has 0 radical (unpaired) electrons. The van der Waals surface area contributed by atoms with E-state index in [-0.39, 0.29) is 18.3 Å². The molecule has 0 aromatic heterocycles. The second kappa shape index (κ2) is 9.03. The maximum absolute atomic E-state index is 11.9. The van der Waals surface area contributed by atoms with Crippen LogP contribution in [-0.2, 0) is 14.3 Å². The third kappa shape index (κ3) is 5.49. The minimum Gasteiger partial charge on any atom is -0.455 e. The van der Waals surface area contributed by atoms with Crippen LogP contribution in [0.1, 0.15) is 24.0 Å². The molecule has 1 N–H and O–H groups in total. The summed E-state index contributed by atoms with van der Waals surface area (Å²) in [5.41, 5.74) is 2.71. The number of anilines is 1. The summed E-state index contributed by atoms with van der Waals surface area (Å²) in [5.74, 6) is -0.641. The fourth-order valence-corrected chi connectivity index (χ4v) is 3.54. The van der Waals surface area contributed by atoms with Gasteiger partial charge in [0.05, 0.1) is 5.75 Å². The van der Waals surface area contributed by atoms with Crippen molar-refractivity contribution >= 4 is 45.9 Å². The number of hydrogen-bond acceptors (Lipinski definition) is 5. The van der Waals surface area contributed by atoms with Gasteiger partial charge in [-0.25, -0.2) is 0 Å². The van der Waals surface area contributed by atoms with Gasteiger partial charge >= 0.3 is 5.97 Å². The Balaban J connectivity index is 1.71. The van der Waals surface area contributed by atoms with Crippen molar-refractivity contribution < 1.29 is 14.3 Å². The van der Waals surface area contributed by atoms with Crippen LogP contribution in [0.3, 0.4) is 0 Å². The number of benzene rings is 1. The van der Waals surface area contributed by atoms with Gasteiger partial charge in [-0.3, -0.25) is 9.59 Å². The second-order valence-corrected chi connectivity index (χ2v) is 7.33. The highest BCUT2D eigenvalue weighted by molar-refractivity contribution is 8.23. The summed E-state index contributed by atoms with van der Waals surface area (Å²) in [4.78, 5) is 25.8. The van der Waals surface area contributed by atoms with E-state index in [0.29, 0.717) is 0 Å². The molecule has 1 heterocycles. The highest BCUT2D eigenvalue weighted by atomic mass is 32.2. The fraction of sp³-hybridized carbons (Fsp3) is 0.471. The first-order valence-electron chi connectivity index (χ1n) is 7.91. The lowest BCUT2D eigenvalue weighted by molar-refractivity contribution is -0.144. The van der Waals surface area contributed by atoms with Crippen LogP contribution in [0, 0.1) is 13.8 Å². The molecule has 0 spiro atoms. The number of amides is 1. The van der Waals surface area contributed by atoms with Crippen molar-refractivity contribution in [3.63, 3.8) is 0 Å². The first-order valence-corrected chi connectivity index (χ1v) is 9.30. The molecule has 1 amide bonds. The van der Waals surface area contributed by atoms with E-state index in [4.69, 9.17) is 17.0 Å². The third-order valence-corrected chi connectivity index (χ3v) is 5.28. The smallest absolute Gasteiger partial charge is 0.316 e. The van der Waals surface area contributed by atoms with Crippen molar-refractivity contribution in [2.24, 2.45) is 0 Å². The van der Waals surface area contributed by atoms with E-state index in [9.17, 15) is 9.59 Å². The van der Waals surface area contributed by atoms with Crippen LogP contribution in [0.4, 0.5) is 5.69 Å². The minimum absolute atomic E-state index is 0.131. The zero-order chi connectivity index (χ0) is 17.5. The van der Waals surface area contributed by atoms with E-state index >= 15 is 0 Å². The molecule has 1 aliphatic heterocycles. The third-order valence-electron chi connectivity index (χ3n) is 3.79. The van der Waals surface area contributed by atoms with Crippen LogP contribution in [0.25, 0.3) is 0 Å². The van der Waals surface area contributed by atoms with E-state index in [2.05, 4.69) is 10.2 Å². The molecule has 1 aromatic rings. The maximum Gasteiger partial charge on any atom is 0.316 e. The van der Waals surface area contributed by atoms with Gasteiger partial charge in [0.1, 0.15) is 4.32 Å². The summed E-state index contributed by atoms with van der Waals surface area (Å²) in [6, 6.07) is 5.77. The number of carbonyl (C=O) groups is 2. The van der Waals surface area contributed by atoms with Gasteiger partial charge in [-0.1, -0.05) is 42.2 Å². The Morgan fingerprint density at radius 2 is 1.88 bits per heavy atom. The summed E-state index contributed by atoms with van der Waals surface area (Å²) in [5, 5.41) is 2.79. The predicted molar refractivity (Wildman–Crippen MR) is 101 cm³/mol. The second-order valence-electron chi connectivity index (χ2n) is 5.72. The molecular weight excluding hydrogens is 344 g/mol.